The van der Waals surface area contributed by atoms with E-state index in [1.807, 2.05) is 48.5 Å². The normalized spacial score (nSPS) is 16.4. The first-order valence-corrected chi connectivity index (χ1v) is 11.0. The molecule has 4 heteroatoms. The standard InChI is InChI=1S/C19H26ClNO.C6H5Cl/c1-4-6-16(19-21-18(13-22-19)14(2)3)8-5-7-15-9-11-17(20)12-10-15;7-6-4-2-1-3-5-6/h4,9-12,14,16,18H,1,5-8,13H2,2-3H3;1-5H. The van der Waals surface area contributed by atoms with Gasteiger partial charge in [0.2, 0.25) is 0 Å². The first-order chi connectivity index (χ1) is 14.0. The number of allylic oxidation sites excluding steroid dienone is 1. The number of hydrogen-bond acceptors (Lipinski definition) is 2. The summed E-state index contributed by atoms with van der Waals surface area (Å²) in [6, 6.07) is 17.9. The predicted octanol–water partition coefficient (Wildman–Crippen LogP) is 7.65. The lowest BCUT2D eigenvalue weighted by Gasteiger charge is -2.14. The minimum Gasteiger partial charge on any atom is -0.478 e. The van der Waals surface area contributed by atoms with Crippen molar-refractivity contribution in [1.82, 2.24) is 0 Å². The van der Waals surface area contributed by atoms with Crippen molar-refractivity contribution in [3.63, 3.8) is 0 Å². The van der Waals surface area contributed by atoms with Crippen LogP contribution in [0.15, 0.2) is 72.2 Å². The van der Waals surface area contributed by atoms with E-state index in [1.54, 1.807) is 0 Å². The zero-order valence-corrected chi connectivity index (χ0v) is 18.9. The van der Waals surface area contributed by atoms with Gasteiger partial charge in [-0.25, -0.2) is 4.99 Å². The highest BCUT2D eigenvalue weighted by Gasteiger charge is 2.26. The SMILES string of the molecule is C=CCC(CCCc1ccc(Cl)cc1)C1=NC(C(C)C)CO1.Clc1ccccc1. The Bertz CT molecular complexity index is 756. The smallest absolute Gasteiger partial charge is 0.187 e. The van der Waals surface area contributed by atoms with E-state index < -0.39 is 0 Å². The van der Waals surface area contributed by atoms with Gasteiger partial charge >= 0.3 is 0 Å². The number of rotatable bonds is 8. The van der Waals surface area contributed by atoms with Gasteiger partial charge in [0, 0.05) is 16.0 Å². The molecule has 0 aliphatic carbocycles. The number of hydrogen-bond donors (Lipinski definition) is 0. The van der Waals surface area contributed by atoms with Crippen LogP contribution in [-0.4, -0.2) is 18.5 Å². The van der Waals surface area contributed by atoms with Gasteiger partial charge in [-0.2, -0.15) is 0 Å². The molecular formula is C25H31Cl2NO. The fraction of sp³-hybridized carbons (Fsp3) is 0.400. The largest absolute Gasteiger partial charge is 0.478 e. The van der Waals surface area contributed by atoms with E-state index >= 15 is 0 Å². The van der Waals surface area contributed by atoms with Gasteiger partial charge in [-0.1, -0.05) is 73.5 Å². The van der Waals surface area contributed by atoms with E-state index in [0.717, 1.165) is 48.2 Å². The summed E-state index contributed by atoms with van der Waals surface area (Å²) in [5.74, 6) is 1.85. The van der Waals surface area contributed by atoms with Crippen LogP contribution >= 0.6 is 23.2 Å². The van der Waals surface area contributed by atoms with Gasteiger partial charge in [0.25, 0.3) is 0 Å². The third-order valence-electron chi connectivity index (χ3n) is 4.93. The van der Waals surface area contributed by atoms with Crippen molar-refractivity contribution in [2.24, 2.45) is 16.8 Å². The molecule has 3 rings (SSSR count). The van der Waals surface area contributed by atoms with E-state index in [1.165, 1.54) is 5.56 Å². The van der Waals surface area contributed by atoms with Crippen molar-refractivity contribution < 1.29 is 4.74 Å². The van der Waals surface area contributed by atoms with E-state index in [0.29, 0.717) is 17.9 Å². The van der Waals surface area contributed by atoms with Crippen molar-refractivity contribution in [2.75, 3.05) is 6.61 Å². The molecular weight excluding hydrogens is 401 g/mol. The first kappa shape index (κ1) is 23.5. The Kier molecular flexibility index (Phi) is 10.3. The quantitative estimate of drug-likeness (QED) is 0.393. The Morgan fingerprint density at radius 2 is 1.72 bits per heavy atom. The molecule has 1 aliphatic rings. The van der Waals surface area contributed by atoms with E-state index in [2.05, 4.69) is 32.6 Å². The molecule has 2 aromatic rings. The monoisotopic (exact) mass is 431 g/mol. The van der Waals surface area contributed by atoms with Gasteiger partial charge < -0.3 is 4.74 Å². The van der Waals surface area contributed by atoms with Crippen molar-refractivity contribution in [3.8, 4) is 0 Å². The van der Waals surface area contributed by atoms with E-state index in [-0.39, 0.29) is 0 Å². The van der Waals surface area contributed by atoms with Crippen LogP contribution in [0.3, 0.4) is 0 Å². The molecule has 2 nitrogen and oxygen atoms in total. The maximum atomic E-state index is 5.92. The van der Waals surface area contributed by atoms with Crippen LogP contribution < -0.4 is 0 Å². The van der Waals surface area contributed by atoms with Crippen LogP contribution in [0.2, 0.25) is 10.0 Å². The van der Waals surface area contributed by atoms with E-state index in [4.69, 9.17) is 32.9 Å². The van der Waals surface area contributed by atoms with Gasteiger partial charge in [-0.3, -0.25) is 0 Å². The Balaban J connectivity index is 0.000000360. The Morgan fingerprint density at radius 3 is 2.24 bits per heavy atom. The third-order valence-corrected chi connectivity index (χ3v) is 5.43. The Labute approximate surface area is 185 Å². The molecule has 0 amide bonds. The molecule has 0 saturated heterocycles. The van der Waals surface area contributed by atoms with E-state index in [9.17, 15) is 0 Å². The van der Waals surface area contributed by atoms with Crippen LogP contribution in [-0.2, 0) is 11.2 Å². The fourth-order valence-corrected chi connectivity index (χ4v) is 3.41. The van der Waals surface area contributed by atoms with Crippen molar-refractivity contribution in [2.45, 2.75) is 45.6 Å². The van der Waals surface area contributed by atoms with Crippen LogP contribution in [0.25, 0.3) is 0 Å². The minimum absolute atomic E-state index is 0.318. The average molecular weight is 432 g/mol. The summed E-state index contributed by atoms with van der Waals surface area (Å²) in [6.45, 7) is 9.01. The molecule has 0 N–H and O–H groups in total. The molecule has 0 aromatic heterocycles. The summed E-state index contributed by atoms with van der Waals surface area (Å²) in [5.41, 5.74) is 1.33. The lowest BCUT2D eigenvalue weighted by Crippen LogP contribution is -2.15. The maximum Gasteiger partial charge on any atom is 0.187 e. The van der Waals surface area contributed by atoms with Gasteiger partial charge in [-0.05, 0) is 61.4 Å². The molecule has 2 atom stereocenters. The lowest BCUT2D eigenvalue weighted by atomic mass is 9.96. The molecule has 0 radical (unpaired) electrons. The number of halogens is 2. The lowest BCUT2D eigenvalue weighted by molar-refractivity contribution is 0.274. The second-order valence-corrected chi connectivity index (χ2v) is 8.50. The second kappa shape index (κ2) is 12.7. The number of nitrogens with zero attached hydrogens (tertiary/aromatic N) is 1. The summed E-state index contributed by atoms with van der Waals surface area (Å²) in [4.78, 5) is 4.77. The molecule has 29 heavy (non-hydrogen) atoms. The summed E-state index contributed by atoms with van der Waals surface area (Å²) in [5, 5.41) is 1.59. The number of benzene rings is 2. The number of aryl methyl sites for hydroxylation is 1. The van der Waals surface area contributed by atoms with Crippen LogP contribution in [0, 0.1) is 11.8 Å². The summed E-state index contributed by atoms with van der Waals surface area (Å²) >= 11 is 11.5. The molecule has 2 unspecified atom stereocenters. The van der Waals surface area contributed by atoms with Crippen molar-refractivity contribution in [1.29, 1.82) is 0 Å². The van der Waals surface area contributed by atoms with Gasteiger partial charge in [-0.15, -0.1) is 6.58 Å². The molecule has 1 heterocycles. The Hall–Kier alpha value is -1.77. The number of aliphatic imine (C=N–C) groups is 1. The summed E-state index contributed by atoms with van der Waals surface area (Å²) in [6.07, 6.45) is 6.17. The Morgan fingerprint density at radius 1 is 1.07 bits per heavy atom. The average Bonchev–Trinajstić information content (AvgIpc) is 3.20. The maximum absolute atomic E-state index is 5.92. The zero-order valence-electron chi connectivity index (χ0n) is 17.4. The first-order valence-electron chi connectivity index (χ1n) is 10.3. The molecule has 0 saturated carbocycles. The predicted molar refractivity (Wildman–Crippen MR) is 126 cm³/mol. The van der Waals surface area contributed by atoms with Crippen molar-refractivity contribution in [3.05, 3.63) is 82.9 Å². The molecule has 0 spiro atoms. The number of ether oxygens (including phenoxy) is 1. The van der Waals surface area contributed by atoms with Crippen molar-refractivity contribution >= 4 is 29.1 Å². The second-order valence-electron chi connectivity index (χ2n) is 7.63. The fourth-order valence-electron chi connectivity index (χ4n) is 3.14. The summed E-state index contributed by atoms with van der Waals surface area (Å²) < 4.78 is 5.84. The molecule has 2 aromatic carbocycles. The van der Waals surface area contributed by atoms with Gasteiger partial charge in [0.15, 0.2) is 5.90 Å². The third kappa shape index (κ3) is 8.64. The molecule has 1 aliphatic heterocycles. The minimum atomic E-state index is 0.318. The van der Waals surface area contributed by atoms with Crippen LogP contribution in [0.1, 0.15) is 38.7 Å². The van der Waals surface area contributed by atoms with Crippen LogP contribution in [0.4, 0.5) is 0 Å². The highest BCUT2D eigenvalue weighted by atomic mass is 35.5. The molecule has 0 fully saturated rings. The van der Waals surface area contributed by atoms with Gasteiger partial charge in [0.1, 0.15) is 6.61 Å². The topological polar surface area (TPSA) is 21.6 Å². The highest BCUT2D eigenvalue weighted by molar-refractivity contribution is 6.30. The highest BCUT2D eigenvalue weighted by Crippen LogP contribution is 2.23. The zero-order chi connectivity index (χ0) is 21.1. The molecule has 0 bridgehead atoms. The molecule has 156 valence electrons. The van der Waals surface area contributed by atoms with Crippen LogP contribution in [0.5, 0.6) is 0 Å². The van der Waals surface area contributed by atoms with Gasteiger partial charge in [0.05, 0.1) is 6.04 Å². The summed E-state index contributed by atoms with van der Waals surface area (Å²) in [7, 11) is 0.